The van der Waals surface area contributed by atoms with Gasteiger partial charge in [-0.2, -0.15) is 0 Å². The molecule has 0 spiro atoms. The number of nitrogens with zero attached hydrogens (tertiary/aromatic N) is 1. The molecule has 21 heavy (non-hydrogen) atoms. The van der Waals surface area contributed by atoms with Crippen LogP contribution in [0.3, 0.4) is 0 Å². The normalized spacial score (nSPS) is 10.9. The van der Waals surface area contributed by atoms with E-state index in [0.717, 1.165) is 0 Å². The van der Waals surface area contributed by atoms with Crippen LogP contribution in [0.2, 0.25) is 0 Å². The maximum atomic E-state index is 11.0. The highest BCUT2D eigenvalue weighted by atomic mass is 16.6. The minimum Gasteiger partial charge on any atom is -0.502 e. The summed E-state index contributed by atoms with van der Waals surface area (Å²) in [5.41, 5.74) is 0.00436. The third-order valence-corrected chi connectivity index (χ3v) is 3.21. The van der Waals surface area contributed by atoms with E-state index in [1.165, 1.54) is 24.7 Å². The molecule has 0 saturated heterocycles. The van der Waals surface area contributed by atoms with Crippen LogP contribution in [0.1, 0.15) is 23.0 Å². The largest absolute Gasteiger partial charge is 0.502 e. The first kappa shape index (κ1) is 13.0. The fraction of sp³-hybridized carbons (Fsp3) is 0.0667. The molecule has 106 valence electrons. The summed E-state index contributed by atoms with van der Waals surface area (Å²) >= 11 is 0. The van der Waals surface area contributed by atoms with Gasteiger partial charge in [0.15, 0.2) is 5.75 Å². The van der Waals surface area contributed by atoms with E-state index in [4.69, 9.17) is 8.83 Å². The summed E-state index contributed by atoms with van der Waals surface area (Å²) in [6.07, 6.45) is 3.00. The van der Waals surface area contributed by atoms with Gasteiger partial charge in [-0.3, -0.25) is 10.1 Å². The van der Waals surface area contributed by atoms with Crippen molar-refractivity contribution < 1.29 is 18.9 Å². The van der Waals surface area contributed by atoms with E-state index in [2.05, 4.69) is 0 Å². The maximum absolute atomic E-state index is 11.0. The minimum atomic E-state index is -0.625. The lowest BCUT2D eigenvalue weighted by molar-refractivity contribution is -0.385. The van der Waals surface area contributed by atoms with Crippen molar-refractivity contribution in [2.75, 3.05) is 0 Å². The van der Waals surface area contributed by atoms with Crippen molar-refractivity contribution in [1.82, 2.24) is 0 Å². The van der Waals surface area contributed by atoms with Crippen LogP contribution >= 0.6 is 0 Å². The minimum absolute atomic E-state index is 0.351. The van der Waals surface area contributed by atoms with Crippen LogP contribution in [-0.2, 0) is 0 Å². The summed E-state index contributed by atoms with van der Waals surface area (Å²) < 4.78 is 10.8. The van der Waals surface area contributed by atoms with Crippen molar-refractivity contribution in [3.63, 3.8) is 0 Å². The van der Waals surface area contributed by atoms with Crippen LogP contribution in [0, 0.1) is 10.1 Å². The lowest BCUT2D eigenvalue weighted by Gasteiger charge is -2.14. The van der Waals surface area contributed by atoms with Crippen molar-refractivity contribution in [3.05, 3.63) is 82.2 Å². The molecular formula is C15H11NO5. The molecule has 3 aromatic rings. The third kappa shape index (κ3) is 2.27. The van der Waals surface area contributed by atoms with E-state index in [9.17, 15) is 15.2 Å². The molecule has 0 aliphatic heterocycles. The molecule has 3 rings (SSSR count). The summed E-state index contributed by atoms with van der Waals surface area (Å²) in [7, 11) is 0. The number of hydrogen-bond donors (Lipinski definition) is 1. The fourth-order valence-electron chi connectivity index (χ4n) is 2.29. The predicted octanol–water partition coefficient (Wildman–Crippen LogP) is 3.67. The zero-order valence-corrected chi connectivity index (χ0v) is 10.8. The second-order valence-corrected chi connectivity index (χ2v) is 4.44. The van der Waals surface area contributed by atoms with Gasteiger partial charge in [0.1, 0.15) is 17.4 Å². The van der Waals surface area contributed by atoms with Crippen molar-refractivity contribution in [1.29, 1.82) is 0 Å². The molecular weight excluding hydrogens is 274 g/mol. The van der Waals surface area contributed by atoms with Crippen molar-refractivity contribution in [3.8, 4) is 5.75 Å². The molecule has 1 N–H and O–H groups in total. The molecule has 2 heterocycles. The molecule has 6 heteroatoms. The molecule has 0 fully saturated rings. The number of furan rings is 2. The Bertz CT molecular complexity index is 712. The first-order chi connectivity index (χ1) is 10.2. The standard InChI is InChI=1S/C15H11NO5/c17-15-10(4-1-5-11(15)16(18)19)14(12-6-2-8-20-12)13-7-3-9-21-13/h1-9,14,17H. The van der Waals surface area contributed by atoms with Gasteiger partial charge in [0.25, 0.3) is 0 Å². The molecule has 0 amide bonds. The second-order valence-electron chi connectivity index (χ2n) is 4.44. The maximum Gasteiger partial charge on any atom is 0.311 e. The fourth-order valence-corrected chi connectivity index (χ4v) is 2.29. The van der Waals surface area contributed by atoms with Gasteiger partial charge in [-0.25, -0.2) is 0 Å². The number of benzene rings is 1. The van der Waals surface area contributed by atoms with Gasteiger partial charge in [-0.15, -0.1) is 0 Å². The third-order valence-electron chi connectivity index (χ3n) is 3.21. The van der Waals surface area contributed by atoms with Gasteiger partial charge in [0.2, 0.25) is 0 Å². The van der Waals surface area contributed by atoms with Crippen molar-refractivity contribution in [2.45, 2.75) is 5.92 Å². The van der Waals surface area contributed by atoms with Crippen LogP contribution in [-0.4, -0.2) is 10.0 Å². The Morgan fingerprint density at radius 2 is 1.62 bits per heavy atom. The number of hydrogen-bond acceptors (Lipinski definition) is 5. The first-order valence-electron chi connectivity index (χ1n) is 6.21. The summed E-state index contributed by atoms with van der Waals surface area (Å²) in [6.45, 7) is 0. The Labute approximate surface area is 119 Å². The van der Waals surface area contributed by atoms with Gasteiger partial charge in [0, 0.05) is 11.6 Å². The monoisotopic (exact) mass is 285 g/mol. The van der Waals surface area contributed by atoms with E-state index >= 15 is 0 Å². The Kier molecular flexibility index (Phi) is 3.19. The summed E-state index contributed by atoms with van der Waals surface area (Å²) in [6, 6.07) is 11.3. The average Bonchev–Trinajstić information content (AvgIpc) is 3.14. The highest BCUT2D eigenvalue weighted by Crippen LogP contribution is 2.40. The van der Waals surface area contributed by atoms with Crippen molar-refractivity contribution >= 4 is 5.69 Å². The molecule has 0 atom stereocenters. The quantitative estimate of drug-likeness (QED) is 0.583. The van der Waals surface area contributed by atoms with Gasteiger partial charge >= 0.3 is 5.69 Å². The number of phenols is 1. The Hall–Kier alpha value is -3.02. The smallest absolute Gasteiger partial charge is 0.311 e. The molecule has 1 aromatic carbocycles. The number of phenolic OH excluding ortho intramolecular Hbond substituents is 1. The van der Waals surface area contributed by atoms with Crippen LogP contribution in [0.4, 0.5) is 5.69 Å². The highest BCUT2D eigenvalue weighted by Gasteiger charge is 2.28. The van der Waals surface area contributed by atoms with E-state index in [1.54, 1.807) is 30.3 Å². The number of rotatable bonds is 4. The van der Waals surface area contributed by atoms with E-state index in [0.29, 0.717) is 17.1 Å². The topological polar surface area (TPSA) is 89.7 Å². The Morgan fingerprint density at radius 3 is 2.10 bits per heavy atom. The zero-order chi connectivity index (χ0) is 14.8. The van der Waals surface area contributed by atoms with E-state index < -0.39 is 10.8 Å². The molecule has 0 aliphatic rings. The summed E-state index contributed by atoms with van der Waals surface area (Å²) in [5, 5.41) is 21.2. The Balaban J connectivity index is 2.19. The molecule has 0 saturated carbocycles. The number of nitro groups is 1. The van der Waals surface area contributed by atoms with Crippen LogP contribution < -0.4 is 0 Å². The van der Waals surface area contributed by atoms with Gasteiger partial charge in [-0.1, -0.05) is 12.1 Å². The van der Waals surface area contributed by atoms with Crippen molar-refractivity contribution in [2.24, 2.45) is 0 Å². The molecule has 0 aliphatic carbocycles. The van der Waals surface area contributed by atoms with Crippen LogP contribution in [0.25, 0.3) is 0 Å². The molecule has 0 bridgehead atoms. The van der Waals surface area contributed by atoms with Crippen LogP contribution in [0.15, 0.2) is 63.8 Å². The second kappa shape index (κ2) is 5.16. The molecule has 0 radical (unpaired) electrons. The zero-order valence-electron chi connectivity index (χ0n) is 10.8. The Morgan fingerprint density at radius 1 is 1.00 bits per heavy atom. The number of para-hydroxylation sites is 1. The average molecular weight is 285 g/mol. The molecule has 0 unspecified atom stereocenters. The van der Waals surface area contributed by atoms with Crippen LogP contribution in [0.5, 0.6) is 5.75 Å². The lowest BCUT2D eigenvalue weighted by atomic mass is 9.92. The molecule has 6 nitrogen and oxygen atoms in total. The number of nitro benzene ring substituents is 1. The summed E-state index contributed by atoms with van der Waals surface area (Å²) in [4.78, 5) is 10.3. The molecule has 2 aromatic heterocycles. The van der Waals surface area contributed by atoms with E-state index in [1.807, 2.05) is 0 Å². The van der Waals surface area contributed by atoms with Gasteiger partial charge in [-0.05, 0) is 24.3 Å². The number of aromatic hydroxyl groups is 1. The highest BCUT2D eigenvalue weighted by molar-refractivity contribution is 5.55. The van der Waals surface area contributed by atoms with Gasteiger partial charge in [0.05, 0.1) is 17.4 Å². The summed E-state index contributed by atoms with van der Waals surface area (Å²) in [5.74, 6) is 0.122. The van der Waals surface area contributed by atoms with Gasteiger partial charge < -0.3 is 13.9 Å². The lowest BCUT2D eigenvalue weighted by Crippen LogP contribution is -2.02. The van der Waals surface area contributed by atoms with E-state index in [-0.39, 0.29) is 11.4 Å². The SMILES string of the molecule is O=[N+]([O-])c1cccc(C(c2ccco2)c2ccco2)c1O. The first-order valence-corrected chi connectivity index (χ1v) is 6.21. The predicted molar refractivity (Wildman–Crippen MR) is 73.1 cm³/mol.